The topological polar surface area (TPSA) is 60.7 Å². The number of rotatable bonds is 4. The predicted molar refractivity (Wildman–Crippen MR) is 33.9 cm³/mol. The van der Waals surface area contributed by atoms with Crippen molar-refractivity contribution < 1.29 is 15.3 Å². The van der Waals surface area contributed by atoms with E-state index in [1.54, 1.807) is 0 Å². The molecule has 3 N–H and O–H groups in total. The molecular weight excluding hydrogens is 120 g/mol. The second kappa shape index (κ2) is 4.49. The monoisotopic (exact) mass is 132 g/mol. The summed E-state index contributed by atoms with van der Waals surface area (Å²) >= 11 is 0. The van der Waals surface area contributed by atoms with E-state index in [1.165, 1.54) is 6.08 Å². The Morgan fingerprint density at radius 3 is 2.22 bits per heavy atom. The van der Waals surface area contributed by atoms with Crippen molar-refractivity contribution in [3.63, 3.8) is 0 Å². The molecule has 9 heavy (non-hydrogen) atoms. The average Bonchev–Trinajstić information content (AvgIpc) is 1.87. The number of aliphatic hydroxyl groups excluding tert-OH is 3. The summed E-state index contributed by atoms with van der Waals surface area (Å²) in [7, 11) is 0. The highest BCUT2D eigenvalue weighted by Gasteiger charge is 2.11. The Balaban J connectivity index is 3.44. The molecule has 0 aliphatic heterocycles. The van der Waals surface area contributed by atoms with Crippen LogP contribution in [0.1, 0.15) is 6.42 Å². The van der Waals surface area contributed by atoms with E-state index in [4.69, 9.17) is 15.3 Å². The van der Waals surface area contributed by atoms with E-state index in [1.807, 2.05) is 0 Å². The Hall–Kier alpha value is -0.380. The Morgan fingerprint density at radius 1 is 1.33 bits per heavy atom. The first-order chi connectivity index (χ1) is 4.22. The highest BCUT2D eigenvalue weighted by molar-refractivity contribution is 4.76. The van der Waals surface area contributed by atoms with Crippen LogP contribution < -0.4 is 0 Å². The largest absolute Gasteiger partial charge is 0.394 e. The van der Waals surface area contributed by atoms with Crippen molar-refractivity contribution in [3.05, 3.63) is 12.7 Å². The van der Waals surface area contributed by atoms with Crippen LogP contribution in [0.15, 0.2) is 12.7 Å². The van der Waals surface area contributed by atoms with Crippen LogP contribution in [-0.2, 0) is 0 Å². The Labute approximate surface area is 54.3 Å². The van der Waals surface area contributed by atoms with Gasteiger partial charge in [0.05, 0.1) is 12.7 Å². The molecule has 1 unspecified atom stereocenters. The van der Waals surface area contributed by atoms with Crippen molar-refractivity contribution in [2.24, 2.45) is 0 Å². The van der Waals surface area contributed by atoms with Gasteiger partial charge in [-0.25, -0.2) is 0 Å². The molecule has 0 bridgehead atoms. The first kappa shape index (κ1) is 8.62. The van der Waals surface area contributed by atoms with E-state index in [2.05, 4.69) is 6.58 Å². The van der Waals surface area contributed by atoms with Crippen molar-refractivity contribution >= 4 is 0 Å². The molecule has 0 aliphatic rings. The molecule has 0 rings (SSSR count). The molecule has 2 atom stereocenters. The van der Waals surface area contributed by atoms with Crippen LogP contribution in [0, 0.1) is 0 Å². The molecule has 0 aliphatic carbocycles. The quantitative estimate of drug-likeness (QED) is 0.442. The summed E-state index contributed by atoms with van der Waals surface area (Å²) in [5, 5.41) is 25.8. The maximum absolute atomic E-state index is 8.84. The zero-order chi connectivity index (χ0) is 7.28. The van der Waals surface area contributed by atoms with Crippen LogP contribution >= 0.6 is 0 Å². The number of aliphatic hydroxyl groups is 3. The molecule has 3 heteroatoms. The minimum Gasteiger partial charge on any atom is -0.394 e. The average molecular weight is 132 g/mol. The third kappa shape index (κ3) is 3.24. The Bertz CT molecular complexity index is 82.4. The molecule has 0 aromatic rings. The molecule has 0 spiro atoms. The predicted octanol–water partition coefficient (Wildman–Crippen LogP) is -0.723. The van der Waals surface area contributed by atoms with Gasteiger partial charge in [0.25, 0.3) is 0 Å². The first-order valence-corrected chi connectivity index (χ1v) is 2.80. The minimum absolute atomic E-state index is 0.307. The molecule has 0 aromatic carbocycles. The molecule has 0 saturated carbocycles. The summed E-state index contributed by atoms with van der Waals surface area (Å²) in [5.41, 5.74) is 0. The first-order valence-electron chi connectivity index (χ1n) is 2.80. The third-order valence-corrected chi connectivity index (χ3v) is 1.04. The van der Waals surface area contributed by atoms with E-state index in [0.29, 0.717) is 6.42 Å². The molecule has 0 heterocycles. The van der Waals surface area contributed by atoms with Gasteiger partial charge in [-0.15, -0.1) is 6.58 Å². The fourth-order valence-corrected chi connectivity index (χ4v) is 0.450. The van der Waals surface area contributed by atoms with E-state index < -0.39 is 18.8 Å². The number of hydrogen-bond donors (Lipinski definition) is 3. The summed E-state index contributed by atoms with van der Waals surface area (Å²) < 4.78 is 0. The van der Waals surface area contributed by atoms with E-state index in [0.717, 1.165) is 0 Å². The zero-order valence-corrected chi connectivity index (χ0v) is 5.20. The lowest BCUT2D eigenvalue weighted by atomic mass is 10.1. The van der Waals surface area contributed by atoms with Gasteiger partial charge in [-0.05, 0) is 6.42 Å². The molecule has 0 aromatic heterocycles. The van der Waals surface area contributed by atoms with Crippen molar-refractivity contribution in [2.45, 2.75) is 18.6 Å². The van der Waals surface area contributed by atoms with Gasteiger partial charge in [0, 0.05) is 0 Å². The van der Waals surface area contributed by atoms with Gasteiger partial charge >= 0.3 is 0 Å². The SMILES string of the molecule is C=CCC(O)[C@@H](O)CO. The second-order valence-electron chi connectivity index (χ2n) is 1.84. The van der Waals surface area contributed by atoms with Crippen molar-refractivity contribution in [1.82, 2.24) is 0 Å². The van der Waals surface area contributed by atoms with Crippen LogP contribution in [0.25, 0.3) is 0 Å². The molecule has 3 nitrogen and oxygen atoms in total. The molecule has 0 amide bonds. The third-order valence-electron chi connectivity index (χ3n) is 1.04. The molecule has 0 fully saturated rings. The van der Waals surface area contributed by atoms with Crippen LogP contribution in [0.3, 0.4) is 0 Å². The van der Waals surface area contributed by atoms with Gasteiger partial charge in [0.15, 0.2) is 0 Å². The molecular formula is C6H12O3. The van der Waals surface area contributed by atoms with Gasteiger partial charge in [-0.1, -0.05) is 6.08 Å². The molecule has 0 radical (unpaired) electrons. The standard InChI is InChI=1S/C6H12O3/c1-2-3-5(8)6(9)4-7/h2,5-9H,1,3-4H2/t5?,6-/m0/s1. The lowest BCUT2D eigenvalue weighted by Crippen LogP contribution is -2.28. The summed E-state index contributed by atoms with van der Waals surface area (Å²) in [6.07, 6.45) is -0.124. The zero-order valence-electron chi connectivity index (χ0n) is 5.20. The van der Waals surface area contributed by atoms with E-state index >= 15 is 0 Å². The lowest BCUT2D eigenvalue weighted by molar-refractivity contribution is -0.0119. The molecule has 0 saturated heterocycles. The fraction of sp³-hybridized carbons (Fsp3) is 0.667. The van der Waals surface area contributed by atoms with Crippen LogP contribution in [-0.4, -0.2) is 34.1 Å². The van der Waals surface area contributed by atoms with Crippen LogP contribution in [0.4, 0.5) is 0 Å². The van der Waals surface area contributed by atoms with E-state index in [9.17, 15) is 0 Å². The highest BCUT2D eigenvalue weighted by atomic mass is 16.4. The van der Waals surface area contributed by atoms with Gasteiger partial charge in [-0.3, -0.25) is 0 Å². The summed E-state index contributed by atoms with van der Waals surface area (Å²) in [5.74, 6) is 0. The summed E-state index contributed by atoms with van der Waals surface area (Å²) in [4.78, 5) is 0. The van der Waals surface area contributed by atoms with Crippen LogP contribution in [0.5, 0.6) is 0 Å². The highest BCUT2D eigenvalue weighted by Crippen LogP contribution is 1.97. The normalized spacial score (nSPS) is 16.8. The van der Waals surface area contributed by atoms with Gasteiger partial charge in [0.2, 0.25) is 0 Å². The smallest absolute Gasteiger partial charge is 0.103 e. The minimum atomic E-state index is -1.04. The van der Waals surface area contributed by atoms with Gasteiger partial charge < -0.3 is 15.3 Å². The summed E-state index contributed by atoms with van der Waals surface area (Å²) in [6, 6.07) is 0. The number of hydrogen-bond acceptors (Lipinski definition) is 3. The maximum atomic E-state index is 8.84. The van der Waals surface area contributed by atoms with E-state index in [-0.39, 0.29) is 0 Å². The summed E-state index contributed by atoms with van der Waals surface area (Å²) in [6.45, 7) is 2.96. The second-order valence-corrected chi connectivity index (χ2v) is 1.84. The Morgan fingerprint density at radius 2 is 1.89 bits per heavy atom. The van der Waals surface area contributed by atoms with Crippen molar-refractivity contribution in [3.8, 4) is 0 Å². The fourth-order valence-electron chi connectivity index (χ4n) is 0.450. The molecule has 54 valence electrons. The maximum Gasteiger partial charge on any atom is 0.103 e. The van der Waals surface area contributed by atoms with Gasteiger partial charge in [-0.2, -0.15) is 0 Å². The van der Waals surface area contributed by atoms with Crippen molar-refractivity contribution in [1.29, 1.82) is 0 Å². The van der Waals surface area contributed by atoms with Crippen molar-refractivity contribution in [2.75, 3.05) is 6.61 Å². The lowest BCUT2D eigenvalue weighted by Gasteiger charge is -2.12. The van der Waals surface area contributed by atoms with Crippen LogP contribution in [0.2, 0.25) is 0 Å². The Kier molecular flexibility index (Phi) is 4.30. The van der Waals surface area contributed by atoms with Gasteiger partial charge in [0.1, 0.15) is 6.10 Å².